The maximum atomic E-state index is 12.6. The second-order valence-electron chi connectivity index (χ2n) is 6.23. The molecule has 1 amide bonds. The first-order valence-electron chi connectivity index (χ1n) is 8.18. The molecule has 1 aromatic carbocycles. The van der Waals surface area contributed by atoms with Crippen LogP contribution in [0.5, 0.6) is 0 Å². The molecule has 1 aromatic rings. The standard InChI is InChI=1S/C18H28N2O/c1-3-18(12-13-19-15-18)17(21)20(2)14-8-7-11-16-9-5-4-6-10-16/h4-6,9-10,19H,3,7-8,11-15H2,1-2H3. The van der Waals surface area contributed by atoms with E-state index in [0.717, 1.165) is 51.7 Å². The van der Waals surface area contributed by atoms with Crippen molar-refractivity contribution in [3.63, 3.8) is 0 Å². The Bertz CT molecular complexity index is 438. The summed E-state index contributed by atoms with van der Waals surface area (Å²) in [6, 6.07) is 10.6. The number of benzene rings is 1. The summed E-state index contributed by atoms with van der Waals surface area (Å²) in [5.41, 5.74) is 1.24. The predicted molar refractivity (Wildman–Crippen MR) is 87.2 cm³/mol. The highest BCUT2D eigenvalue weighted by molar-refractivity contribution is 5.83. The summed E-state index contributed by atoms with van der Waals surface area (Å²) in [7, 11) is 1.96. The first-order chi connectivity index (χ1) is 10.2. The van der Waals surface area contributed by atoms with Gasteiger partial charge in [0, 0.05) is 20.1 Å². The molecule has 0 aliphatic carbocycles. The average molecular weight is 288 g/mol. The quantitative estimate of drug-likeness (QED) is 0.783. The highest BCUT2D eigenvalue weighted by atomic mass is 16.2. The molecule has 0 radical (unpaired) electrons. The Labute approximate surface area is 128 Å². The van der Waals surface area contributed by atoms with Gasteiger partial charge in [-0.25, -0.2) is 0 Å². The maximum Gasteiger partial charge on any atom is 0.229 e. The van der Waals surface area contributed by atoms with E-state index in [0.29, 0.717) is 5.91 Å². The number of hydrogen-bond donors (Lipinski definition) is 1. The zero-order valence-electron chi connectivity index (χ0n) is 13.4. The maximum absolute atomic E-state index is 12.6. The van der Waals surface area contributed by atoms with Gasteiger partial charge in [-0.1, -0.05) is 37.3 Å². The van der Waals surface area contributed by atoms with Crippen LogP contribution in [0.4, 0.5) is 0 Å². The Morgan fingerprint density at radius 3 is 2.67 bits per heavy atom. The van der Waals surface area contributed by atoms with E-state index in [1.807, 2.05) is 11.9 Å². The van der Waals surface area contributed by atoms with Gasteiger partial charge in [-0.15, -0.1) is 0 Å². The van der Waals surface area contributed by atoms with Gasteiger partial charge in [0.25, 0.3) is 0 Å². The van der Waals surface area contributed by atoms with E-state index in [1.165, 1.54) is 5.56 Å². The van der Waals surface area contributed by atoms with E-state index in [1.54, 1.807) is 0 Å². The number of rotatable bonds is 7. The molecule has 21 heavy (non-hydrogen) atoms. The van der Waals surface area contributed by atoms with Gasteiger partial charge < -0.3 is 10.2 Å². The summed E-state index contributed by atoms with van der Waals surface area (Å²) in [6.45, 7) is 4.82. The molecule has 1 atom stereocenters. The van der Waals surface area contributed by atoms with Crippen molar-refractivity contribution in [1.29, 1.82) is 0 Å². The van der Waals surface area contributed by atoms with Crippen molar-refractivity contribution in [2.75, 3.05) is 26.7 Å². The van der Waals surface area contributed by atoms with Crippen LogP contribution >= 0.6 is 0 Å². The van der Waals surface area contributed by atoms with Crippen molar-refractivity contribution in [1.82, 2.24) is 10.2 Å². The lowest BCUT2D eigenvalue weighted by Gasteiger charge is -2.31. The van der Waals surface area contributed by atoms with Gasteiger partial charge in [0.05, 0.1) is 5.41 Å². The minimum Gasteiger partial charge on any atom is -0.345 e. The Kier molecular flexibility index (Phi) is 5.80. The molecular weight excluding hydrogens is 260 g/mol. The van der Waals surface area contributed by atoms with Crippen molar-refractivity contribution in [3.8, 4) is 0 Å². The predicted octanol–water partition coefficient (Wildman–Crippen LogP) is 2.86. The van der Waals surface area contributed by atoms with Gasteiger partial charge in [0.15, 0.2) is 0 Å². The molecule has 116 valence electrons. The summed E-state index contributed by atoms with van der Waals surface area (Å²) < 4.78 is 0. The van der Waals surface area contributed by atoms with Gasteiger partial charge in [-0.3, -0.25) is 4.79 Å². The van der Waals surface area contributed by atoms with Crippen molar-refractivity contribution >= 4 is 5.91 Å². The molecule has 1 aliphatic rings. The van der Waals surface area contributed by atoms with Crippen molar-refractivity contribution in [2.45, 2.75) is 39.0 Å². The minimum absolute atomic E-state index is 0.145. The molecule has 3 nitrogen and oxygen atoms in total. The van der Waals surface area contributed by atoms with Crippen LogP contribution in [0.3, 0.4) is 0 Å². The highest BCUT2D eigenvalue weighted by Crippen LogP contribution is 2.31. The first-order valence-corrected chi connectivity index (χ1v) is 8.18. The minimum atomic E-state index is -0.145. The number of aryl methyl sites for hydroxylation is 1. The first kappa shape index (κ1) is 16.0. The third-order valence-electron chi connectivity index (χ3n) is 4.77. The van der Waals surface area contributed by atoms with Crippen LogP contribution in [0, 0.1) is 5.41 Å². The van der Waals surface area contributed by atoms with Crippen LogP contribution in [-0.2, 0) is 11.2 Å². The summed E-state index contributed by atoms with van der Waals surface area (Å²) in [6.07, 6.45) is 5.23. The molecule has 2 rings (SSSR count). The van der Waals surface area contributed by atoms with E-state index >= 15 is 0 Å². The number of nitrogens with one attached hydrogen (secondary N) is 1. The Balaban J connectivity index is 1.74. The molecule has 1 aliphatic heterocycles. The third kappa shape index (κ3) is 4.07. The molecule has 1 saturated heterocycles. The molecule has 1 unspecified atom stereocenters. The zero-order valence-corrected chi connectivity index (χ0v) is 13.4. The number of carbonyl (C=O) groups is 1. The van der Waals surface area contributed by atoms with Crippen LogP contribution in [0.15, 0.2) is 30.3 Å². The van der Waals surface area contributed by atoms with Crippen LogP contribution in [-0.4, -0.2) is 37.5 Å². The summed E-state index contributed by atoms with van der Waals surface area (Å²) >= 11 is 0. The Morgan fingerprint density at radius 2 is 2.05 bits per heavy atom. The molecule has 1 N–H and O–H groups in total. The second kappa shape index (κ2) is 7.60. The van der Waals surface area contributed by atoms with E-state index in [2.05, 4.69) is 42.6 Å². The van der Waals surface area contributed by atoms with E-state index < -0.39 is 0 Å². The van der Waals surface area contributed by atoms with E-state index in [-0.39, 0.29) is 5.41 Å². The molecule has 1 fully saturated rings. The fourth-order valence-electron chi connectivity index (χ4n) is 3.21. The lowest BCUT2D eigenvalue weighted by Crippen LogP contribution is -2.43. The summed E-state index contributed by atoms with van der Waals surface area (Å²) in [5.74, 6) is 0.328. The normalized spacial score (nSPS) is 21.4. The largest absolute Gasteiger partial charge is 0.345 e. The average Bonchev–Trinajstić information content (AvgIpc) is 3.02. The lowest BCUT2D eigenvalue weighted by atomic mass is 9.83. The number of amides is 1. The summed E-state index contributed by atoms with van der Waals surface area (Å²) in [5, 5.41) is 3.34. The molecule has 0 bridgehead atoms. The number of nitrogens with zero attached hydrogens (tertiary/aromatic N) is 1. The van der Waals surface area contributed by atoms with Gasteiger partial charge >= 0.3 is 0 Å². The summed E-state index contributed by atoms with van der Waals surface area (Å²) in [4.78, 5) is 14.6. The fourth-order valence-corrected chi connectivity index (χ4v) is 3.21. The molecule has 1 heterocycles. The Hall–Kier alpha value is -1.35. The van der Waals surface area contributed by atoms with Gasteiger partial charge in [0.2, 0.25) is 5.91 Å². The monoisotopic (exact) mass is 288 g/mol. The molecule has 3 heteroatoms. The van der Waals surface area contributed by atoms with Crippen LogP contribution in [0.25, 0.3) is 0 Å². The number of carbonyl (C=O) groups excluding carboxylic acids is 1. The topological polar surface area (TPSA) is 32.3 Å². The lowest BCUT2D eigenvalue weighted by molar-refractivity contribution is -0.140. The van der Waals surface area contributed by atoms with Crippen LogP contribution in [0.1, 0.15) is 38.2 Å². The fraction of sp³-hybridized carbons (Fsp3) is 0.611. The van der Waals surface area contributed by atoms with Crippen molar-refractivity contribution in [3.05, 3.63) is 35.9 Å². The van der Waals surface area contributed by atoms with Crippen molar-refractivity contribution in [2.24, 2.45) is 5.41 Å². The van der Waals surface area contributed by atoms with Gasteiger partial charge in [0.1, 0.15) is 0 Å². The van der Waals surface area contributed by atoms with Crippen LogP contribution in [0.2, 0.25) is 0 Å². The van der Waals surface area contributed by atoms with E-state index in [9.17, 15) is 4.79 Å². The van der Waals surface area contributed by atoms with Crippen molar-refractivity contribution < 1.29 is 4.79 Å². The Morgan fingerprint density at radius 1 is 1.29 bits per heavy atom. The molecule has 0 saturated carbocycles. The third-order valence-corrected chi connectivity index (χ3v) is 4.77. The number of hydrogen-bond acceptors (Lipinski definition) is 2. The second-order valence-corrected chi connectivity index (χ2v) is 6.23. The molecule has 0 spiro atoms. The molecular formula is C18H28N2O. The number of unbranched alkanes of at least 4 members (excludes halogenated alkanes) is 1. The van der Waals surface area contributed by atoms with E-state index in [4.69, 9.17) is 0 Å². The molecule has 0 aromatic heterocycles. The highest BCUT2D eigenvalue weighted by Gasteiger charge is 2.40. The van der Waals surface area contributed by atoms with Gasteiger partial charge in [-0.2, -0.15) is 0 Å². The van der Waals surface area contributed by atoms with Crippen LogP contribution < -0.4 is 5.32 Å². The van der Waals surface area contributed by atoms with Gasteiger partial charge in [-0.05, 0) is 44.2 Å². The smallest absolute Gasteiger partial charge is 0.229 e. The SMILES string of the molecule is CCC1(C(=O)N(C)CCCCc2ccccc2)CCNC1. The zero-order chi connectivity index (χ0) is 15.1.